The quantitative estimate of drug-likeness (QED) is 0.640. The lowest BCUT2D eigenvalue weighted by molar-refractivity contribution is 0.0492. The summed E-state index contributed by atoms with van der Waals surface area (Å²) >= 11 is 0. The van der Waals surface area contributed by atoms with Crippen molar-refractivity contribution in [1.29, 1.82) is 0 Å². The topological polar surface area (TPSA) is 52.6 Å². The molecule has 2 rings (SSSR count). The van der Waals surface area contributed by atoms with E-state index in [1.807, 2.05) is 6.07 Å². The molecular formula is C12H11ClO4S. The molecule has 0 amide bonds. The molecule has 2 aromatic carbocycles. The zero-order valence-electron chi connectivity index (χ0n) is 9.59. The number of hydrogen-bond acceptors (Lipinski definition) is 4. The van der Waals surface area contributed by atoms with Crippen LogP contribution in [-0.4, -0.2) is 22.3 Å². The van der Waals surface area contributed by atoms with Gasteiger partial charge in [-0.15, -0.1) is 0 Å². The summed E-state index contributed by atoms with van der Waals surface area (Å²) in [4.78, 5) is -0.0284. The first-order valence-electron chi connectivity index (χ1n) is 5.12. The number of methoxy groups -OCH3 is 1. The number of rotatable bonds is 4. The maximum absolute atomic E-state index is 11.7. The summed E-state index contributed by atoms with van der Waals surface area (Å²) in [5.74, 6) is 0.186. The number of hydrogen-bond donors (Lipinski definition) is 0. The monoisotopic (exact) mass is 286 g/mol. The fraction of sp³-hybridized carbons (Fsp3) is 0.167. The van der Waals surface area contributed by atoms with Gasteiger partial charge >= 0.3 is 0 Å². The summed E-state index contributed by atoms with van der Waals surface area (Å²) < 4.78 is 33.4. The van der Waals surface area contributed by atoms with Gasteiger partial charge in [-0.05, 0) is 11.5 Å². The van der Waals surface area contributed by atoms with Gasteiger partial charge in [-0.1, -0.05) is 30.3 Å². The normalized spacial score (nSPS) is 11.7. The SMILES string of the molecule is COCOc1ccc2ccccc2c1S(=O)(=O)Cl. The molecule has 2 aromatic rings. The summed E-state index contributed by atoms with van der Waals surface area (Å²) in [6.07, 6.45) is 0. The van der Waals surface area contributed by atoms with Crippen LogP contribution in [-0.2, 0) is 13.8 Å². The second kappa shape index (κ2) is 5.14. The van der Waals surface area contributed by atoms with Crippen molar-refractivity contribution in [2.75, 3.05) is 13.9 Å². The highest BCUT2D eigenvalue weighted by atomic mass is 35.7. The van der Waals surface area contributed by atoms with Gasteiger partial charge in [0.2, 0.25) is 0 Å². The minimum absolute atomic E-state index is 0.0284. The van der Waals surface area contributed by atoms with Crippen LogP contribution in [0.15, 0.2) is 41.3 Å². The van der Waals surface area contributed by atoms with Crippen LogP contribution in [0.2, 0.25) is 0 Å². The van der Waals surface area contributed by atoms with Gasteiger partial charge in [-0.2, -0.15) is 0 Å². The molecule has 0 radical (unpaired) electrons. The molecule has 0 aliphatic heterocycles. The minimum Gasteiger partial charge on any atom is -0.466 e. The third kappa shape index (κ3) is 2.58. The van der Waals surface area contributed by atoms with Crippen molar-refractivity contribution in [3.63, 3.8) is 0 Å². The minimum atomic E-state index is -3.90. The molecule has 6 heteroatoms. The fourth-order valence-corrected chi connectivity index (χ4v) is 3.00. The van der Waals surface area contributed by atoms with E-state index in [4.69, 9.17) is 20.2 Å². The van der Waals surface area contributed by atoms with Gasteiger partial charge in [0.25, 0.3) is 9.05 Å². The molecule has 0 bridgehead atoms. The van der Waals surface area contributed by atoms with E-state index in [2.05, 4.69) is 0 Å². The van der Waals surface area contributed by atoms with Gasteiger partial charge in [0.15, 0.2) is 6.79 Å². The van der Waals surface area contributed by atoms with E-state index in [0.29, 0.717) is 5.39 Å². The molecular weight excluding hydrogens is 276 g/mol. The van der Waals surface area contributed by atoms with Crippen LogP contribution in [0.5, 0.6) is 5.75 Å². The van der Waals surface area contributed by atoms with Crippen molar-refractivity contribution < 1.29 is 17.9 Å². The van der Waals surface area contributed by atoms with Crippen molar-refractivity contribution in [3.05, 3.63) is 36.4 Å². The lowest BCUT2D eigenvalue weighted by atomic mass is 10.1. The number of benzene rings is 2. The van der Waals surface area contributed by atoms with E-state index in [-0.39, 0.29) is 17.4 Å². The summed E-state index contributed by atoms with van der Waals surface area (Å²) in [5, 5.41) is 1.31. The summed E-state index contributed by atoms with van der Waals surface area (Å²) in [6, 6.07) is 10.4. The maximum atomic E-state index is 11.7. The molecule has 0 fully saturated rings. The van der Waals surface area contributed by atoms with E-state index in [1.54, 1.807) is 30.3 Å². The van der Waals surface area contributed by atoms with Crippen LogP contribution in [0, 0.1) is 0 Å². The van der Waals surface area contributed by atoms with Gasteiger partial charge in [-0.25, -0.2) is 8.42 Å². The molecule has 0 aromatic heterocycles. The molecule has 0 unspecified atom stereocenters. The van der Waals surface area contributed by atoms with Crippen molar-refractivity contribution in [3.8, 4) is 5.75 Å². The maximum Gasteiger partial charge on any atom is 0.265 e. The van der Waals surface area contributed by atoms with Crippen molar-refractivity contribution in [1.82, 2.24) is 0 Å². The Morgan fingerprint density at radius 2 is 1.89 bits per heavy atom. The third-order valence-electron chi connectivity index (χ3n) is 2.42. The Morgan fingerprint density at radius 3 is 2.56 bits per heavy atom. The third-order valence-corrected chi connectivity index (χ3v) is 3.79. The van der Waals surface area contributed by atoms with E-state index in [9.17, 15) is 8.42 Å². The highest BCUT2D eigenvalue weighted by Gasteiger charge is 2.20. The van der Waals surface area contributed by atoms with Gasteiger partial charge in [0, 0.05) is 23.2 Å². The standard InChI is InChI=1S/C12H11ClO4S/c1-16-8-17-11-7-6-9-4-2-3-5-10(9)12(11)18(13,14)15/h2-7H,8H2,1H3. The first-order chi connectivity index (χ1) is 8.54. The Labute approximate surface area is 110 Å². The Kier molecular flexibility index (Phi) is 3.75. The van der Waals surface area contributed by atoms with Crippen molar-refractivity contribution in [2.24, 2.45) is 0 Å². The molecule has 0 saturated carbocycles. The zero-order valence-corrected chi connectivity index (χ0v) is 11.2. The zero-order chi connectivity index (χ0) is 13.2. The summed E-state index contributed by atoms with van der Waals surface area (Å²) in [6.45, 7) is -0.0439. The van der Waals surface area contributed by atoms with E-state index in [1.165, 1.54) is 7.11 Å². The summed E-state index contributed by atoms with van der Waals surface area (Å²) in [7, 11) is 3.03. The number of fused-ring (bicyclic) bond motifs is 1. The molecule has 4 nitrogen and oxygen atoms in total. The number of ether oxygens (including phenoxy) is 2. The van der Waals surface area contributed by atoms with Crippen molar-refractivity contribution in [2.45, 2.75) is 4.90 Å². The Balaban J connectivity index is 2.72. The Bertz CT molecular complexity index is 667. The Morgan fingerprint density at radius 1 is 1.17 bits per heavy atom. The lowest BCUT2D eigenvalue weighted by Gasteiger charge is -2.11. The highest BCUT2D eigenvalue weighted by Crippen LogP contribution is 2.34. The molecule has 0 atom stereocenters. The van der Waals surface area contributed by atoms with E-state index < -0.39 is 9.05 Å². The highest BCUT2D eigenvalue weighted by molar-refractivity contribution is 8.14. The average Bonchev–Trinajstić information content (AvgIpc) is 2.34. The van der Waals surface area contributed by atoms with Gasteiger partial charge in [-0.3, -0.25) is 0 Å². The van der Waals surface area contributed by atoms with Gasteiger partial charge in [0.05, 0.1) is 0 Å². The number of halogens is 1. The molecule has 0 aliphatic rings. The largest absolute Gasteiger partial charge is 0.466 e. The van der Waals surface area contributed by atoms with Crippen LogP contribution in [0.25, 0.3) is 10.8 Å². The predicted molar refractivity (Wildman–Crippen MR) is 69.5 cm³/mol. The first-order valence-corrected chi connectivity index (χ1v) is 7.43. The molecule has 0 N–H and O–H groups in total. The molecule has 96 valence electrons. The average molecular weight is 287 g/mol. The van der Waals surface area contributed by atoms with Crippen molar-refractivity contribution >= 4 is 30.5 Å². The second-order valence-electron chi connectivity index (χ2n) is 3.60. The van der Waals surface area contributed by atoms with E-state index >= 15 is 0 Å². The van der Waals surface area contributed by atoms with Crippen LogP contribution in [0.4, 0.5) is 0 Å². The first kappa shape index (κ1) is 13.1. The smallest absolute Gasteiger partial charge is 0.265 e. The molecule has 0 aliphatic carbocycles. The van der Waals surface area contributed by atoms with E-state index in [0.717, 1.165) is 5.39 Å². The molecule has 0 spiro atoms. The van der Waals surface area contributed by atoms with Crippen LogP contribution >= 0.6 is 10.7 Å². The van der Waals surface area contributed by atoms with Crippen LogP contribution in [0.3, 0.4) is 0 Å². The molecule has 18 heavy (non-hydrogen) atoms. The predicted octanol–water partition coefficient (Wildman–Crippen LogP) is 2.75. The Hall–Kier alpha value is -1.30. The van der Waals surface area contributed by atoms with Gasteiger partial charge in [0.1, 0.15) is 10.6 Å². The van der Waals surface area contributed by atoms with Crippen LogP contribution in [0.1, 0.15) is 0 Å². The summed E-state index contributed by atoms with van der Waals surface area (Å²) in [5.41, 5.74) is 0. The van der Waals surface area contributed by atoms with Gasteiger partial charge < -0.3 is 9.47 Å². The fourth-order valence-electron chi connectivity index (χ4n) is 1.71. The molecule has 0 heterocycles. The lowest BCUT2D eigenvalue weighted by Crippen LogP contribution is -2.03. The van der Waals surface area contributed by atoms with Crippen LogP contribution < -0.4 is 4.74 Å². The molecule has 0 saturated heterocycles. The second-order valence-corrected chi connectivity index (χ2v) is 6.11.